The lowest BCUT2D eigenvalue weighted by molar-refractivity contribution is 0.304. The van der Waals surface area contributed by atoms with Gasteiger partial charge >= 0.3 is 0 Å². The Hall–Kier alpha value is -2.05. The highest BCUT2D eigenvalue weighted by atomic mass is 32.2. The molecule has 0 radical (unpaired) electrons. The van der Waals surface area contributed by atoms with Gasteiger partial charge < -0.3 is 9.47 Å². The number of unbranched alkanes of at least 4 members (excludes halogenated alkanes) is 3. The summed E-state index contributed by atoms with van der Waals surface area (Å²) in [4.78, 5) is 0.254. The lowest BCUT2D eigenvalue weighted by Gasteiger charge is -2.08. The molecule has 0 bridgehead atoms. The highest BCUT2D eigenvalue weighted by molar-refractivity contribution is 7.89. The highest BCUT2D eigenvalue weighted by Gasteiger charge is 2.12. The number of benzene rings is 2. The molecule has 25 heavy (non-hydrogen) atoms. The fourth-order valence-electron chi connectivity index (χ4n) is 2.33. The Balaban J connectivity index is 1.58. The molecule has 0 aliphatic rings. The lowest BCUT2D eigenvalue weighted by Crippen LogP contribution is -2.24. The molecule has 0 amide bonds. The van der Waals surface area contributed by atoms with Crippen molar-refractivity contribution in [2.75, 3.05) is 20.3 Å². The zero-order valence-electron chi connectivity index (χ0n) is 14.5. The van der Waals surface area contributed by atoms with E-state index in [1.165, 1.54) is 0 Å². The minimum atomic E-state index is -3.45. The molecular weight excluding hydrogens is 338 g/mol. The Morgan fingerprint density at radius 1 is 0.840 bits per heavy atom. The predicted molar refractivity (Wildman–Crippen MR) is 98.6 cm³/mol. The van der Waals surface area contributed by atoms with Crippen LogP contribution in [0.15, 0.2) is 59.5 Å². The Labute approximate surface area is 150 Å². The van der Waals surface area contributed by atoms with Gasteiger partial charge in [-0.05, 0) is 49.2 Å². The van der Waals surface area contributed by atoms with E-state index in [1.807, 2.05) is 30.3 Å². The first-order valence-electron chi connectivity index (χ1n) is 8.43. The molecule has 2 aromatic carbocycles. The summed E-state index contributed by atoms with van der Waals surface area (Å²) in [6.07, 6.45) is 3.74. The number of hydrogen-bond acceptors (Lipinski definition) is 4. The lowest BCUT2D eigenvalue weighted by atomic mass is 10.2. The molecule has 2 rings (SSSR count). The molecule has 136 valence electrons. The van der Waals surface area contributed by atoms with Crippen molar-refractivity contribution in [3.63, 3.8) is 0 Å². The number of para-hydroxylation sites is 1. The van der Waals surface area contributed by atoms with Crippen LogP contribution in [-0.4, -0.2) is 28.7 Å². The van der Waals surface area contributed by atoms with Crippen molar-refractivity contribution in [1.29, 1.82) is 0 Å². The van der Waals surface area contributed by atoms with Gasteiger partial charge in [-0.3, -0.25) is 0 Å². The molecule has 0 spiro atoms. The summed E-state index contributed by atoms with van der Waals surface area (Å²) in [5.41, 5.74) is 0. The molecule has 2 aromatic rings. The van der Waals surface area contributed by atoms with E-state index in [0.717, 1.165) is 31.4 Å². The van der Waals surface area contributed by atoms with E-state index in [4.69, 9.17) is 9.47 Å². The van der Waals surface area contributed by atoms with E-state index in [-0.39, 0.29) is 4.90 Å². The van der Waals surface area contributed by atoms with E-state index in [2.05, 4.69) is 4.72 Å². The number of hydrogen-bond donors (Lipinski definition) is 1. The summed E-state index contributed by atoms with van der Waals surface area (Å²) in [5.74, 6) is 1.52. The molecule has 0 atom stereocenters. The van der Waals surface area contributed by atoms with Crippen molar-refractivity contribution in [3.05, 3.63) is 54.6 Å². The molecular formula is C19H25NO4S. The molecule has 0 aliphatic heterocycles. The average molecular weight is 363 g/mol. The molecule has 0 aromatic heterocycles. The van der Waals surface area contributed by atoms with Crippen LogP contribution in [0.3, 0.4) is 0 Å². The average Bonchev–Trinajstić information content (AvgIpc) is 2.64. The Morgan fingerprint density at radius 2 is 1.52 bits per heavy atom. The maximum absolute atomic E-state index is 12.2. The highest BCUT2D eigenvalue weighted by Crippen LogP contribution is 2.15. The first kappa shape index (κ1) is 19.3. The van der Waals surface area contributed by atoms with Gasteiger partial charge in [-0.1, -0.05) is 31.0 Å². The second-order valence-electron chi connectivity index (χ2n) is 5.65. The van der Waals surface area contributed by atoms with Gasteiger partial charge in [0, 0.05) is 6.54 Å². The maximum atomic E-state index is 12.2. The Bertz CT molecular complexity index is 715. The van der Waals surface area contributed by atoms with E-state index >= 15 is 0 Å². The molecule has 0 saturated carbocycles. The predicted octanol–water partition coefficient (Wildman–Crippen LogP) is 3.61. The summed E-state index contributed by atoms with van der Waals surface area (Å²) >= 11 is 0. The second-order valence-corrected chi connectivity index (χ2v) is 7.42. The van der Waals surface area contributed by atoms with Crippen molar-refractivity contribution in [3.8, 4) is 11.5 Å². The van der Waals surface area contributed by atoms with Crippen molar-refractivity contribution < 1.29 is 17.9 Å². The van der Waals surface area contributed by atoms with Crippen LogP contribution in [0.25, 0.3) is 0 Å². The SMILES string of the molecule is COc1ccc(S(=O)(=O)NCCCCCCOc2ccccc2)cc1. The molecule has 0 saturated heterocycles. The maximum Gasteiger partial charge on any atom is 0.240 e. The second kappa shape index (κ2) is 10.1. The van der Waals surface area contributed by atoms with Gasteiger partial charge in [-0.15, -0.1) is 0 Å². The Morgan fingerprint density at radius 3 is 2.20 bits per heavy atom. The van der Waals surface area contributed by atoms with Crippen LogP contribution in [0.4, 0.5) is 0 Å². The molecule has 6 heteroatoms. The summed E-state index contributed by atoms with van der Waals surface area (Å²) in [6, 6.07) is 16.1. The van der Waals surface area contributed by atoms with Crippen LogP contribution >= 0.6 is 0 Å². The summed E-state index contributed by atoms with van der Waals surface area (Å²) in [7, 11) is -1.90. The zero-order chi connectivity index (χ0) is 18.0. The molecule has 0 fully saturated rings. The standard InChI is InChI=1S/C19H25NO4S/c1-23-17-11-13-19(14-12-17)25(21,22)20-15-7-2-3-8-16-24-18-9-5-4-6-10-18/h4-6,9-14,20H,2-3,7-8,15-16H2,1H3. The van der Waals surface area contributed by atoms with E-state index in [9.17, 15) is 8.42 Å². The summed E-state index contributed by atoms with van der Waals surface area (Å²) in [5, 5.41) is 0. The molecule has 1 N–H and O–H groups in total. The Kier molecular flexibility index (Phi) is 7.76. The number of ether oxygens (including phenoxy) is 2. The number of rotatable bonds is 11. The topological polar surface area (TPSA) is 64.6 Å². The van der Waals surface area contributed by atoms with Crippen molar-refractivity contribution in [1.82, 2.24) is 4.72 Å². The third kappa shape index (κ3) is 6.76. The van der Waals surface area contributed by atoms with Gasteiger partial charge in [0.15, 0.2) is 0 Å². The molecule has 0 unspecified atom stereocenters. The minimum Gasteiger partial charge on any atom is -0.497 e. The molecule has 0 heterocycles. The summed E-state index contributed by atoms with van der Waals surface area (Å²) in [6.45, 7) is 1.12. The van der Waals surface area contributed by atoms with Crippen molar-refractivity contribution in [2.24, 2.45) is 0 Å². The number of nitrogens with one attached hydrogen (secondary N) is 1. The fraction of sp³-hybridized carbons (Fsp3) is 0.368. The number of methoxy groups -OCH3 is 1. The van der Waals surface area contributed by atoms with Gasteiger partial charge in [-0.25, -0.2) is 13.1 Å². The van der Waals surface area contributed by atoms with Gasteiger partial charge in [0.1, 0.15) is 11.5 Å². The van der Waals surface area contributed by atoms with Gasteiger partial charge in [0.05, 0.1) is 18.6 Å². The van der Waals surface area contributed by atoms with E-state index in [0.29, 0.717) is 18.9 Å². The zero-order valence-corrected chi connectivity index (χ0v) is 15.3. The quantitative estimate of drug-likeness (QED) is 0.620. The van der Waals surface area contributed by atoms with Gasteiger partial charge in [0.25, 0.3) is 0 Å². The molecule has 5 nitrogen and oxygen atoms in total. The molecule has 0 aliphatic carbocycles. The van der Waals surface area contributed by atoms with Gasteiger partial charge in [0.2, 0.25) is 10.0 Å². The minimum absolute atomic E-state index is 0.254. The monoisotopic (exact) mass is 363 g/mol. The van der Waals surface area contributed by atoms with Crippen LogP contribution in [-0.2, 0) is 10.0 Å². The smallest absolute Gasteiger partial charge is 0.240 e. The van der Waals surface area contributed by atoms with Crippen molar-refractivity contribution in [2.45, 2.75) is 30.6 Å². The van der Waals surface area contributed by atoms with Crippen molar-refractivity contribution >= 4 is 10.0 Å². The van der Waals surface area contributed by atoms with E-state index in [1.54, 1.807) is 31.4 Å². The number of sulfonamides is 1. The van der Waals surface area contributed by atoms with Crippen LogP contribution in [0.5, 0.6) is 11.5 Å². The first-order valence-corrected chi connectivity index (χ1v) is 9.92. The van der Waals surface area contributed by atoms with Crippen LogP contribution < -0.4 is 14.2 Å². The third-order valence-corrected chi connectivity index (χ3v) is 5.22. The normalized spacial score (nSPS) is 11.2. The third-order valence-electron chi connectivity index (χ3n) is 3.74. The van der Waals surface area contributed by atoms with Gasteiger partial charge in [-0.2, -0.15) is 0 Å². The first-order chi connectivity index (χ1) is 12.1. The fourth-order valence-corrected chi connectivity index (χ4v) is 3.41. The van der Waals surface area contributed by atoms with E-state index < -0.39 is 10.0 Å². The summed E-state index contributed by atoms with van der Waals surface area (Å²) < 4.78 is 37.6. The van der Waals surface area contributed by atoms with Crippen LogP contribution in [0, 0.1) is 0 Å². The largest absolute Gasteiger partial charge is 0.497 e. The van der Waals surface area contributed by atoms with Crippen LogP contribution in [0.2, 0.25) is 0 Å². The van der Waals surface area contributed by atoms with Crippen LogP contribution in [0.1, 0.15) is 25.7 Å².